The number of aromatic nitrogens is 1. The van der Waals surface area contributed by atoms with E-state index < -0.39 is 24.2 Å². The number of benzene rings is 1. The zero-order valence-electron chi connectivity index (χ0n) is 12.4. The Morgan fingerprint density at radius 3 is 2.61 bits per heavy atom. The molecule has 0 bridgehead atoms. The number of hydrogen-bond acceptors (Lipinski definition) is 6. The standard InChI is InChI=1S/C15H13FN2O5/c1-8-5-14(23-18-8)15(21)22-7-13(20)11-4-3-10(6-12(11)16)17-9(2)19/h3-6H,7H2,1-2H3,(H,17,19). The number of nitrogens with zero attached hydrogens (tertiary/aromatic N) is 1. The molecule has 8 heteroatoms. The molecule has 0 saturated heterocycles. The van der Waals surface area contributed by atoms with E-state index >= 15 is 0 Å². The number of hydrogen-bond donors (Lipinski definition) is 1. The lowest BCUT2D eigenvalue weighted by Gasteiger charge is -2.06. The van der Waals surface area contributed by atoms with E-state index in [0.29, 0.717) is 5.69 Å². The third kappa shape index (κ3) is 4.22. The number of anilines is 1. The number of carbonyl (C=O) groups is 3. The van der Waals surface area contributed by atoms with Crippen molar-refractivity contribution in [3.05, 3.63) is 47.1 Å². The maximum atomic E-state index is 13.9. The van der Waals surface area contributed by atoms with Crippen molar-refractivity contribution in [1.82, 2.24) is 5.16 Å². The van der Waals surface area contributed by atoms with Gasteiger partial charge < -0.3 is 14.6 Å². The summed E-state index contributed by atoms with van der Waals surface area (Å²) in [7, 11) is 0. The number of amides is 1. The van der Waals surface area contributed by atoms with Crippen molar-refractivity contribution >= 4 is 23.3 Å². The normalized spacial score (nSPS) is 10.2. The second-order valence-electron chi connectivity index (χ2n) is 4.71. The molecule has 2 rings (SSSR count). The molecular weight excluding hydrogens is 307 g/mol. The molecular formula is C15H13FN2O5. The van der Waals surface area contributed by atoms with E-state index in [2.05, 4.69) is 10.5 Å². The predicted octanol–water partition coefficient (Wildman–Crippen LogP) is 2.12. The molecule has 7 nitrogen and oxygen atoms in total. The van der Waals surface area contributed by atoms with Crippen molar-refractivity contribution in [2.75, 3.05) is 11.9 Å². The molecule has 0 aliphatic rings. The number of ether oxygens (including phenoxy) is 1. The van der Waals surface area contributed by atoms with Crippen LogP contribution < -0.4 is 5.32 Å². The highest BCUT2D eigenvalue weighted by atomic mass is 19.1. The minimum Gasteiger partial charge on any atom is -0.451 e. The number of halogens is 1. The largest absolute Gasteiger partial charge is 0.451 e. The number of rotatable bonds is 5. The summed E-state index contributed by atoms with van der Waals surface area (Å²) in [5.74, 6) is -2.92. The summed E-state index contributed by atoms with van der Waals surface area (Å²) >= 11 is 0. The number of nitrogens with one attached hydrogen (secondary N) is 1. The second kappa shape index (κ2) is 6.82. The molecule has 0 aliphatic heterocycles. The first-order valence-electron chi connectivity index (χ1n) is 6.57. The smallest absolute Gasteiger partial charge is 0.377 e. The monoisotopic (exact) mass is 320 g/mol. The number of esters is 1. The van der Waals surface area contributed by atoms with E-state index in [-0.39, 0.29) is 22.9 Å². The summed E-state index contributed by atoms with van der Waals surface area (Å²) in [4.78, 5) is 34.4. The van der Waals surface area contributed by atoms with Gasteiger partial charge in [0.15, 0.2) is 6.61 Å². The van der Waals surface area contributed by atoms with Crippen molar-refractivity contribution in [3.63, 3.8) is 0 Å². The first-order chi connectivity index (χ1) is 10.9. The van der Waals surface area contributed by atoms with Gasteiger partial charge in [-0.15, -0.1) is 0 Å². The Bertz CT molecular complexity index is 769. The molecule has 1 aromatic heterocycles. The SMILES string of the molecule is CC(=O)Nc1ccc(C(=O)COC(=O)c2cc(C)no2)c(F)c1. The Balaban J connectivity index is 2.00. The summed E-state index contributed by atoms with van der Waals surface area (Å²) in [5, 5.41) is 5.91. The highest BCUT2D eigenvalue weighted by molar-refractivity contribution is 5.99. The fraction of sp³-hybridized carbons (Fsp3) is 0.200. The van der Waals surface area contributed by atoms with Crippen LogP contribution in [0.5, 0.6) is 0 Å². The molecule has 1 heterocycles. The molecule has 120 valence electrons. The number of aryl methyl sites for hydroxylation is 1. The lowest BCUT2D eigenvalue weighted by atomic mass is 10.1. The Morgan fingerprint density at radius 1 is 1.30 bits per heavy atom. The van der Waals surface area contributed by atoms with Crippen LogP contribution in [0.2, 0.25) is 0 Å². The van der Waals surface area contributed by atoms with Gasteiger partial charge in [-0.3, -0.25) is 9.59 Å². The second-order valence-corrected chi connectivity index (χ2v) is 4.71. The molecule has 0 atom stereocenters. The van der Waals surface area contributed by atoms with E-state index in [4.69, 9.17) is 9.26 Å². The summed E-state index contributed by atoms with van der Waals surface area (Å²) in [6.45, 7) is 2.26. The molecule has 23 heavy (non-hydrogen) atoms. The highest BCUT2D eigenvalue weighted by Gasteiger charge is 2.18. The van der Waals surface area contributed by atoms with Gasteiger partial charge in [0.2, 0.25) is 17.5 Å². The van der Waals surface area contributed by atoms with Crippen LogP contribution in [0, 0.1) is 12.7 Å². The number of Topliss-reactive ketones (excluding diaryl/α,β-unsaturated/α-hetero) is 1. The number of ketones is 1. The van der Waals surface area contributed by atoms with Crippen LogP contribution in [-0.2, 0) is 9.53 Å². The van der Waals surface area contributed by atoms with E-state index in [1.807, 2.05) is 0 Å². The van der Waals surface area contributed by atoms with E-state index in [0.717, 1.165) is 6.07 Å². The van der Waals surface area contributed by atoms with Gasteiger partial charge in [0.25, 0.3) is 0 Å². The quantitative estimate of drug-likeness (QED) is 0.669. The van der Waals surface area contributed by atoms with Crippen LogP contribution in [-0.4, -0.2) is 29.4 Å². The lowest BCUT2D eigenvalue weighted by Crippen LogP contribution is -2.15. The molecule has 0 aliphatic carbocycles. The van der Waals surface area contributed by atoms with Crippen LogP contribution in [0.3, 0.4) is 0 Å². The molecule has 1 aromatic carbocycles. The van der Waals surface area contributed by atoms with Gasteiger partial charge in [0, 0.05) is 18.7 Å². The number of carbonyl (C=O) groups excluding carboxylic acids is 3. The fourth-order valence-corrected chi connectivity index (χ4v) is 1.76. The van der Waals surface area contributed by atoms with Crippen molar-refractivity contribution in [2.45, 2.75) is 13.8 Å². The summed E-state index contributed by atoms with van der Waals surface area (Å²) in [5.41, 5.74) is 0.462. The minimum absolute atomic E-state index is 0.142. The van der Waals surface area contributed by atoms with Gasteiger partial charge in [-0.05, 0) is 25.1 Å². The Kier molecular flexibility index (Phi) is 4.85. The van der Waals surface area contributed by atoms with Gasteiger partial charge in [-0.2, -0.15) is 0 Å². The van der Waals surface area contributed by atoms with Gasteiger partial charge >= 0.3 is 5.97 Å². The topological polar surface area (TPSA) is 98.5 Å². The first-order valence-corrected chi connectivity index (χ1v) is 6.57. The van der Waals surface area contributed by atoms with Gasteiger partial charge in [-0.25, -0.2) is 9.18 Å². The zero-order valence-corrected chi connectivity index (χ0v) is 12.4. The van der Waals surface area contributed by atoms with Gasteiger partial charge in [0.05, 0.1) is 11.3 Å². The summed E-state index contributed by atoms with van der Waals surface area (Å²) in [6.07, 6.45) is 0. The third-order valence-corrected chi connectivity index (χ3v) is 2.75. The molecule has 1 amide bonds. The van der Waals surface area contributed by atoms with Crippen LogP contribution in [0.25, 0.3) is 0 Å². The Labute approximate surface area is 130 Å². The maximum Gasteiger partial charge on any atom is 0.377 e. The van der Waals surface area contributed by atoms with E-state index in [9.17, 15) is 18.8 Å². The van der Waals surface area contributed by atoms with Crippen LogP contribution in [0.1, 0.15) is 33.5 Å². The van der Waals surface area contributed by atoms with Crippen LogP contribution in [0.15, 0.2) is 28.8 Å². The molecule has 0 saturated carbocycles. The fourth-order valence-electron chi connectivity index (χ4n) is 1.76. The summed E-state index contributed by atoms with van der Waals surface area (Å²) in [6, 6.07) is 4.95. The maximum absolute atomic E-state index is 13.9. The average Bonchev–Trinajstić information content (AvgIpc) is 2.90. The molecule has 0 fully saturated rings. The first kappa shape index (κ1) is 16.3. The highest BCUT2D eigenvalue weighted by Crippen LogP contribution is 2.15. The Hall–Kier alpha value is -3.03. The predicted molar refractivity (Wildman–Crippen MR) is 76.6 cm³/mol. The lowest BCUT2D eigenvalue weighted by molar-refractivity contribution is -0.114. The molecule has 0 radical (unpaired) electrons. The van der Waals surface area contributed by atoms with Crippen LogP contribution >= 0.6 is 0 Å². The van der Waals surface area contributed by atoms with Crippen molar-refractivity contribution in [3.8, 4) is 0 Å². The van der Waals surface area contributed by atoms with Crippen molar-refractivity contribution in [2.24, 2.45) is 0 Å². The summed E-state index contributed by atoms with van der Waals surface area (Å²) < 4.78 is 23.3. The van der Waals surface area contributed by atoms with Crippen molar-refractivity contribution in [1.29, 1.82) is 0 Å². The molecule has 0 unspecified atom stereocenters. The van der Waals surface area contributed by atoms with Crippen molar-refractivity contribution < 1.29 is 28.0 Å². The van der Waals surface area contributed by atoms with E-state index in [1.54, 1.807) is 6.92 Å². The van der Waals surface area contributed by atoms with Crippen LogP contribution in [0.4, 0.5) is 10.1 Å². The Morgan fingerprint density at radius 2 is 2.04 bits per heavy atom. The third-order valence-electron chi connectivity index (χ3n) is 2.75. The molecule has 2 aromatic rings. The minimum atomic E-state index is -0.866. The van der Waals surface area contributed by atoms with Gasteiger partial charge in [0.1, 0.15) is 5.82 Å². The molecule has 0 spiro atoms. The molecule has 1 N–H and O–H groups in total. The average molecular weight is 320 g/mol. The van der Waals surface area contributed by atoms with E-state index in [1.165, 1.54) is 25.1 Å². The van der Waals surface area contributed by atoms with Gasteiger partial charge in [-0.1, -0.05) is 5.16 Å². The zero-order chi connectivity index (χ0) is 17.0.